The Hall–Kier alpha value is -2.75. The van der Waals surface area contributed by atoms with Crippen molar-refractivity contribution in [1.82, 2.24) is 4.98 Å². The number of benzene rings is 2. The lowest BCUT2D eigenvalue weighted by atomic mass is 9.74. The summed E-state index contributed by atoms with van der Waals surface area (Å²) in [5, 5.41) is 20.9. The molecule has 29 heavy (non-hydrogen) atoms. The molecule has 1 aromatic heterocycles. The Balaban J connectivity index is 1.77. The number of aromatic nitrogens is 1. The molecule has 0 aliphatic carbocycles. The summed E-state index contributed by atoms with van der Waals surface area (Å²) in [4.78, 5) is 7.74. The molecule has 4 nitrogen and oxygen atoms in total. The lowest BCUT2D eigenvalue weighted by molar-refractivity contribution is 0.188. The molecule has 1 N–H and O–H groups in total. The average molecular weight is 408 g/mol. The maximum Gasteiger partial charge on any atom is 0.187 e. The highest BCUT2D eigenvalue weighted by Gasteiger charge is 2.51. The molecule has 2 aromatic carbocycles. The van der Waals surface area contributed by atoms with Crippen molar-refractivity contribution in [3.63, 3.8) is 0 Å². The van der Waals surface area contributed by atoms with Crippen LogP contribution in [-0.2, 0) is 6.42 Å². The smallest absolute Gasteiger partial charge is 0.187 e. The molecule has 148 valence electrons. The Bertz CT molecular complexity index is 1070. The van der Waals surface area contributed by atoms with Crippen molar-refractivity contribution in [3.05, 3.63) is 70.5 Å². The van der Waals surface area contributed by atoms with Crippen LogP contribution in [0.4, 0.5) is 9.52 Å². The van der Waals surface area contributed by atoms with Gasteiger partial charge in [-0.15, -0.1) is 11.3 Å². The lowest BCUT2D eigenvalue weighted by Crippen LogP contribution is -2.63. The third-order valence-corrected chi connectivity index (χ3v) is 6.68. The summed E-state index contributed by atoms with van der Waals surface area (Å²) in [6.45, 7) is 3.98. The zero-order valence-corrected chi connectivity index (χ0v) is 17.2. The first kappa shape index (κ1) is 19.6. The van der Waals surface area contributed by atoms with Crippen LogP contribution in [0.5, 0.6) is 0 Å². The highest BCUT2D eigenvalue weighted by atomic mass is 32.1. The molecule has 0 saturated carbocycles. The second-order valence-electron chi connectivity index (χ2n) is 7.18. The van der Waals surface area contributed by atoms with E-state index in [1.165, 1.54) is 6.07 Å². The third-order valence-electron chi connectivity index (χ3n) is 5.65. The minimum absolute atomic E-state index is 0.103. The largest absolute Gasteiger partial charge is 0.394 e. The molecular formula is C23H22FN3OS. The van der Waals surface area contributed by atoms with Crippen LogP contribution in [0.1, 0.15) is 29.0 Å². The van der Waals surface area contributed by atoms with Gasteiger partial charge in [0.25, 0.3) is 0 Å². The molecule has 0 spiro atoms. The molecule has 1 fully saturated rings. The van der Waals surface area contributed by atoms with E-state index in [0.717, 1.165) is 33.3 Å². The molecular weight excluding hydrogens is 385 g/mol. The predicted molar refractivity (Wildman–Crippen MR) is 114 cm³/mol. The van der Waals surface area contributed by atoms with Crippen LogP contribution in [-0.4, -0.2) is 28.8 Å². The summed E-state index contributed by atoms with van der Waals surface area (Å²) in [5.74, 6) is -0.525. The van der Waals surface area contributed by atoms with Crippen molar-refractivity contribution in [3.8, 4) is 17.2 Å². The van der Waals surface area contributed by atoms with E-state index in [2.05, 4.69) is 13.0 Å². The Morgan fingerprint density at radius 1 is 1.17 bits per heavy atom. The van der Waals surface area contributed by atoms with Crippen LogP contribution in [0.25, 0.3) is 11.1 Å². The van der Waals surface area contributed by atoms with E-state index < -0.39 is 6.04 Å². The van der Waals surface area contributed by atoms with Crippen molar-refractivity contribution in [1.29, 1.82) is 5.26 Å². The standard InChI is InChI=1S/C23H22FN3OS/c1-3-19-14(2)29-23(26-19)27-20(12-25)22(21(27)13-28)17-10-5-4-8-15(17)16-9-6-7-11-18(16)24/h4-11,20-22,28H,3,13H2,1-2H3/t20-,21-,22+/m1/s1. The summed E-state index contributed by atoms with van der Waals surface area (Å²) in [6.07, 6.45) is 0.830. The van der Waals surface area contributed by atoms with Gasteiger partial charge < -0.3 is 10.0 Å². The lowest BCUT2D eigenvalue weighted by Gasteiger charge is -2.52. The SMILES string of the molecule is CCc1nc(N2[C@H](C#N)[C@H](c3ccccc3-c3ccccc3F)[C@H]2CO)sc1C. The number of aliphatic hydroxyl groups is 1. The summed E-state index contributed by atoms with van der Waals surface area (Å²) >= 11 is 1.55. The molecule has 1 aliphatic heterocycles. The molecule has 3 atom stereocenters. The normalized spacial score (nSPS) is 20.9. The second kappa shape index (κ2) is 7.94. The molecule has 0 bridgehead atoms. The zero-order chi connectivity index (χ0) is 20.5. The number of aliphatic hydroxyl groups excluding tert-OH is 1. The van der Waals surface area contributed by atoms with E-state index in [-0.39, 0.29) is 24.4 Å². The molecule has 0 radical (unpaired) electrons. The van der Waals surface area contributed by atoms with Gasteiger partial charge in [0.1, 0.15) is 11.9 Å². The van der Waals surface area contributed by atoms with Crippen LogP contribution in [0, 0.1) is 24.1 Å². The first-order valence-electron chi connectivity index (χ1n) is 9.69. The molecule has 0 amide bonds. The topological polar surface area (TPSA) is 60.2 Å². The van der Waals surface area contributed by atoms with E-state index in [1.54, 1.807) is 29.5 Å². The van der Waals surface area contributed by atoms with Gasteiger partial charge in [0.2, 0.25) is 0 Å². The molecule has 1 saturated heterocycles. The molecule has 0 unspecified atom stereocenters. The van der Waals surface area contributed by atoms with E-state index in [0.29, 0.717) is 5.56 Å². The van der Waals surface area contributed by atoms with Crippen LogP contribution >= 0.6 is 11.3 Å². The zero-order valence-electron chi connectivity index (χ0n) is 16.3. The minimum Gasteiger partial charge on any atom is -0.394 e. The van der Waals surface area contributed by atoms with Gasteiger partial charge in [0, 0.05) is 16.4 Å². The second-order valence-corrected chi connectivity index (χ2v) is 8.36. The summed E-state index contributed by atoms with van der Waals surface area (Å²) in [6, 6.07) is 15.9. The minimum atomic E-state index is -0.463. The maximum absolute atomic E-state index is 14.5. The number of rotatable bonds is 5. The quantitative estimate of drug-likeness (QED) is 0.667. The number of nitrogens with zero attached hydrogens (tertiary/aromatic N) is 3. The molecule has 6 heteroatoms. The Labute approximate surface area is 173 Å². The number of anilines is 1. The first-order valence-corrected chi connectivity index (χ1v) is 10.5. The van der Waals surface area contributed by atoms with Crippen molar-refractivity contribution in [2.24, 2.45) is 0 Å². The Morgan fingerprint density at radius 3 is 2.48 bits per heavy atom. The van der Waals surface area contributed by atoms with Gasteiger partial charge in [0.15, 0.2) is 5.13 Å². The number of thiazole rings is 1. The van der Waals surface area contributed by atoms with E-state index in [4.69, 9.17) is 4.98 Å². The maximum atomic E-state index is 14.5. The van der Waals surface area contributed by atoms with Gasteiger partial charge in [-0.05, 0) is 30.5 Å². The van der Waals surface area contributed by atoms with Crippen LogP contribution in [0.3, 0.4) is 0 Å². The Kier molecular flexibility index (Phi) is 5.35. The summed E-state index contributed by atoms with van der Waals surface area (Å²) in [5.41, 5.74) is 3.17. The van der Waals surface area contributed by atoms with Crippen molar-refractivity contribution in [2.75, 3.05) is 11.5 Å². The van der Waals surface area contributed by atoms with E-state index >= 15 is 0 Å². The van der Waals surface area contributed by atoms with Crippen LogP contribution in [0.2, 0.25) is 0 Å². The van der Waals surface area contributed by atoms with Crippen molar-refractivity contribution >= 4 is 16.5 Å². The fourth-order valence-corrected chi connectivity index (χ4v) is 5.30. The fourth-order valence-electron chi connectivity index (χ4n) is 4.21. The van der Waals surface area contributed by atoms with Gasteiger partial charge >= 0.3 is 0 Å². The van der Waals surface area contributed by atoms with Gasteiger partial charge in [-0.3, -0.25) is 0 Å². The molecule has 1 aliphatic rings. The monoisotopic (exact) mass is 407 g/mol. The third kappa shape index (κ3) is 3.21. The summed E-state index contributed by atoms with van der Waals surface area (Å²) in [7, 11) is 0. The summed E-state index contributed by atoms with van der Waals surface area (Å²) < 4.78 is 14.5. The average Bonchev–Trinajstić information content (AvgIpc) is 3.08. The number of aryl methyl sites for hydroxylation is 2. The predicted octanol–water partition coefficient (Wildman–Crippen LogP) is 4.68. The van der Waals surface area contributed by atoms with E-state index in [9.17, 15) is 14.8 Å². The van der Waals surface area contributed by atoms with E-state index in [1.807, 2.05) is 36.1 Å². The first-order chi connectivity index (χ1) is 14.1. The van der Waals surface area contributed by atoms with Gasteiger partial charge in [-0.1, -0.05) is 49.4 Å². The molecule has 3 aromatic rings. The number of halogens is 1. The highest BCUT2D eigenvalue weighted by molar-refractivity contribution is 7.15. The van der Waals surface area contributed by atoms with Crippen LogP contribution < -0.4 is 4.90 Å². The van der Waals surface area contributed by atoms with Crippen molar-refractivity contribution in [2.45, 2.75) is 38.3 Å². The van der Waals surface area contributed by atoms with Gasteiger partial charge in [-0.2, -0.15) is 5.26 Å². The van der Waals surface area contributed by atoms with Gasteiger partial charge in [-0.25, -0.2) is 9.37 Å². The molecule has 2 heterocycles. The molecule has 4 rings (SSSR count). The number of hydrogen-bond acceptors (Lipinski definition) is 5. The Morgan fingerprint density at radius 2 is 1.86 bits per heavy atom. The highest BCUT2D eigenvalue weighted by Crippen LogP contribution is 2.47. The van der Waals surface area contributed by atoms with Crippen LogP contribution in [0.15, 0.2) is 48.5 Å². The number of hydrogen-bond donors (Lipinski definition) is 1. The number of nitriles is 1. The fraction of sp³-hybridized carbons (Fsp3) is 0.304. The van der Waals surface area contributed by atoms with Gasteiger partial charge in [0.05, 0.1) is 24.4 Å². The van der Waals surface area contributed by atoms with Crippen molar-refractivity contribution < 1.29 is 9.50 Å².